The van der Waals surface area contributed by atoms with Gasteiger partial charge in [-0.15, -0.1) is 0 Å². The van der Waals surface area contributed by atoms with Crippen molar-refractivity contribution in [2.45, 2.75) is 46.7 Å². The molecule has 1 fully saturated rings. The van der Waals surface area contributed by atoms with Crippen molar-refractivity contribution in [3.63, 3.8) is 0 Å². The van der Waals surface area contributed by atoms with E-state index in [1.54, 1.807) is 0 Å². The number of anilines is 3. The minimum Gasteiger partial charge on any atom is -0.382 e. The second-order valence-electron chi connectivity index (χ2n) is 9.37. The molecule has 0 spiro atoms. The molecular weight excluding hydrogens is 536 g/mol. The van der Waals surface area contributed by atoms with E-state index in [0.717, 1.165) is 22.5 Å². The number of imidazole rings is 1. The number of rotatable bonds is 12. The number of morpholine rings is 1. The van der Waals surface area contributed by atoms with Gasteiger partial charge in [-0.3, -0.25) is 9.59 Å². The highest BCUT2D eigenvalue weighted by Crippen LogP contribution is 2.29. The van der Waals surface area contributed by atoms with Crippen LogP contribution < -0.4 is 26.3 Å². The van der Waals surface area contributed by atoms with Crippen LogP contribution in [0, 0.1) is 0 Å². The van der Waals surface area contributed by atoms with Crippen molar-refractivity contribution < 1.29 is 23.6 Å². The number of ketones is 1. The van der Waals surface area contributed by atoms with E-state index in [2.05, 4.69) is 42.3 Å². The molecule has 0 atom stereocenters. The third-order valence-corrected chi connectivity index (χ3v) is 7.29. The first kappa shape index (κ1) is 29.5. The fourth-order valence-corrected chi connectivity index (χ4v) is 5.24. The molecule has 0 unspecified atom stereocenters. The lowest BCUT2D eigenvalue weighted by atomic mass is 10.1. The zero-order chi connectivity index (χ0) is 28.8. The molecule has 40 heavy (non-hydrogen) atoms. The lowest BCUT2D eigenvalue weighted by molar-refractivity contribution is -0.676. The number of aryl methyl sites for hydroxylation is 2. The summed E-state index contributed by atoms with van der Waals surface area (Å²) in [6.45, 7) is 11.4. The van der Waals surface area contributed by atoms with E-state index in [0.29, 0.717) is 71.1 Å². The molecule has 0 radical (unpaired) electrons. The van der Waals surface area contributed by atoms with E-state index < -0.39 is 0 Å². The fourth-order valence-electron chi connectivity index (χ4n) is 5.11. The summed E-state index contributed by atoms with van der Waals surface area (Å²) in [4.78, 5) is 36.7. The van der Waals surface area contributed by atoms with Crippen LogP contribution in [0.25, 0.3) is 11.0 Å². The van der Waals surface area contributed by atoms with Gasteiger partial charge in [0.15, 0.2) is 33.6 Å². The number of benzene rings is 1. The van der Waals surface area contributed by atoms with Gasteiger partial charge in [-0.1, -0.05) is 11.6 Å². The smallest absolute Gasteiger partial charge is 0.257 e. The van der Waals surface area contributed by atoms with Crippen molar-refractivity contribution in [2.24, 2.45) is 0 Å². The van der Waals surface area contributed by atoms with Crippen LogP contribution in [0.3, 0.4) is 0 Å². The standard InChI is InChI=1S/C27H37ClN8O4/c1-4-35-19-15-17(27(38)31-9-12-39-6-3)18(34-10-13-40-14-11-34)16-20(19)36(5-2)22(35)8-7-21(37)23-25(29)33-26(30)24(28)32-23/h15-16H,4-14H2,1-3H3,(H4-,29,30,31,33,37,38)/p+1. The van der Waals surface area contributed by atoms with Gasteiger partial charge in [-0.25, -0.2) is 19.1 Å². The first-order valence-corrected chi connectivity index (χ1v) is 14.1. The SMILES string of the molecule is CCOCCNC(=O)c1cc2c(cc1N1CCOCC1)[n+](CC)c(CCC(=O)c1nc(Cl)c(N)nc1N)n2CC. The number of carbonyl (C=O) groups excluding carboxylic acids is 2. The van der Waals surface area contributed by atoms with Crippen molar-refractivity contribution in [2.75, 3.05) is 62.4 Å². The van der Waals surface area contributed by atoms with E-state index in [1.165, 1.54) is 0 Å². The van der Waals surface area contributed by atoms with Crippen molar-refractivity contribution in [3.05, 3.63) is 34.4 Å². The number of hydrogen-bond donors (Lipinski definition) is 3. The Morgan fingerprint density at radius 3 is 2.58 bits per heavy atom. The summed E-state index contributed by atoms with van der Waals surface area (Å²) in [6, 6.07) is 4.04. The Labute approximate surface area is 238 Å². The largest absolute Gasteiger partial charge is 0.382 e. The number of carbonyl (C=O) groups is 2. The van der Waals surface area contributed by atoms with Gasteiger partial charge in [0.2, 0.25) is 0 Å². The number of hydrogen-bond acceptors (Lipinski definition) is 9. The third kappa shape index (κ3) is 6.13. The third-order valence-electron chi connectivity index (χ3n) is 7.01. The number of nitrogen functional groups attached to an aromatic ring is 2. The monoisotopic (exact) mass is 573 g/mol. The highest BCUT2D eigenvalue weighted by molar-refractivity contribution is 6.31. The second-order valence-corrected chi connectivity index (χ2v) is 9.73. The zero-order valence-electron chi connectivity index (χ0n) is 23.3. The van der Waals surface area contributed by atoms with Crippen LogP contribution in [0.1, 0.15) is 53.9 Å². The maximum absolute atomic E-state index is 13.4. The molecular formula is C27H38ClN8O4+. The molecule has 0 bridgehead atoms. The molecule has 2 aromatic heterocycles. The number of nitrogens with one attached hydrogen (secondary N) is 1. The first-order chi connectivity index (χ1) is 19.3. The van der Waals surface area contributed by atoms with Crippen molar-refractivity contribution in [1.29, 1.82) is 0 Å². The average molecular weight is 574 g/mol. The molecule has 3 heterocycles. The molecule has 1 saturated heterocycles. The summed E-state index contributed by atoms with van der Waals surface area (Å²) in [5, 5.41) is 2.95. The zero-order valence-corrected chi connectivity index (χ0v) is 24.1. The normalized spacial score (nSPS) is 13.7. The van der Waals surface area contributed by atoms with Crippen LogP contribution in [0.5, 0.6) is 0 Å². The summed E-state index contributed by atoms with van der Waals surface area (Å²) in [5.41, 5.74) is 15.0. The van der Waals surface area contributed by atoms with Crippen molar-refractivity contribution >= 4 is 51.6 Å². The van der Waals surface area contributed by atoms with Crippen LogP contribution in [-0.2, 0) is 29.0 Å². The van der Waals surface area contributed by atoms with Crippen molar-refractivity contribution in [1.82, 2.24) is 19.9 Å². The number of nitrogens with two attached hydrogens (primary N) is 2. The summed E-state index contributed by atoms with van der Waals surface area (Å²) in [6.07, 6.45) is 0.581. The minimum absolute atomic E-state index is 0.0144. The number of nitrogens with zero attached hydrogens (tertiary/aromatic N) is 5. The van der Waals surface area contributed by atoms with E-state index in [1.807, 2.05) is 19.9 Å². The average Bonchev–Trinajstić information content (AvgIpc) is 3.26. The maximum Gasteiger partial charge on any atom is 0.257 e. The van der Waals surface area contributed by atoms with E-state index >= 15 is 0 Å². The Morgan fingerprint density at radius 2 is 1.90 bits per heavy atom. The predicted molar refractivity (Wildman–Crippen MR) is 154 cm³/mol. The molecule has 1 aliphatic heterocycles. The lowest BCUT2D eigenvalue weighted by Crippen LogP contribution is -2.39. The van der Waals surface area contributed by atoms with Crippen LogP contribution in [0.4, 0.5) is 17.3 Å². The number of amides is 1. The number of Topliss-reactive ketones (excluding diaryl/α,β-unsaturated/α-hetero) is 1. The molecule has 0 aliphatic carbocycles. The summed E-state index contributed by atoms with van der Waals surface area (Å²) < 4.78 is 15.3. The van der Waals surface area contributed by atoms with Crippen LogP contribution >= 0.6 is 11.6 Å². The second kappa shape index (κ2) is 13.2. The fraction of sp³-hybridized carbons (Fsp3) is 0.519. The van der Waals surface area contributed by atoms with Gasteiger partial charge in [-0.05, 0) is 20.8 Å². The van der Waals surface area contributed by atoms with E-state index in [-0.39, 0.29) is 40.6 Å². The molecule has 0 saturated carbocycles. The van der Waals surface area contributed by atoms with Gasteiger partial charge in [0.25, 0.3) is 11.7 Å². The number of halogens is 1. The molecule has 5 N–H and O–H groups in total. The number of fused-ring (bicyclic) bond motifs is 1. The topological polar surface area (TPSA) is 154 Å². The highest BCUT2D eigenvalue weighted by Gasteiger charge is 2.29. The lowest BCUT2D eigenvalue weighted by Gasteiger charge is -2.30. The van der Waals surface area contributed by atoms with E-state index in [9.17, 15) is 9.59 Å². The molecule has 4 rings (SSSR count). The molecule has 13 heteroatoms. The Hall–Kier alpha value is -3.48. The maximum atomic E-state index is 13.4. The Bertz CT molecular complexity index is 1390. The van der Waals surface area contributed by atoms with Crippen molar-refractivity contribution in [3.8, 4) is 0 Å². The molecule has 1 aliphatic rings. The van der Waals surface area contributed by atoms with Gasteiger partial charge in [0, 0.05) is 44.8 Å². The van der Waals surface area contributed by atoms with Gasteiger partial charge < -0.3 is 31.2 Å². The number of aromatic nitrogens is 4. The minimum atomic E-state index is -0.272. The molecule has 3 aromatic rings. The summed E-state index contributed by atoms with van der Waals surface area (Å²) in [5.74, 6) is 0.482. The molecule has 1 amide bonds. The molecule has 12 nitrogen and oxygen atoms in total. The van der Waals surface area contributed by atoms with Crippen LogP contribution in [0.15, 0.2) is 12.1 Å². The van der Waals surface area contributed by atoms with Gasteiger partial charge in [-0.2, -0.15) is 0 Å². The first-order valence-electron chi connectivity index (χ1n) is 13.7. The van der Waals surface area contributed by atoms with E-state index in [4.69, 9.17) is 32.5 Å². The molecule has 1 aromatic carbocycles. The number of ether oxygens (including phenoxy) is 2. The van der Waals surface area contributed by atoms with Gasteiger partial charge in [0.1, 0.15) is 5.69 Å². The quantitative estimate of drug-likeness (QED) is 0.168. The molecule has 216 valence electrons. The summed E-state index contributed by atoms with van der Waals surface area (Å²) in [7, 11) is 0. The Kier molecular flexibility index (Phi) is 9.77. The van der Waals surface area contributed by atoms with Crippen LogP contribution in [-0.4, -0.2) is 72.3 Å². The highest BCUT2D eigenvalue weighted by atomic mass is 35.5. The summed E-state index contributed by atoms with van der Waals surface area (Å²) >= 11 is 6.00. The van der Waals surface area contributed by atoms with Gasteiger partial charge in [0.05, 0.1) is 50.6 Å². The van der Waals surface area contributed by atoms with Crippen LogP contribution in [0.2, 0.25) is 5.15 Å². The predicted octanol–water partition coefficient (Wildman–Crippen LogP) is 1.99. The van der Waals surface area contributed by atoms with Gasteiger partial charge >= 0.3 is 0 Å². The Morgan fingerprint density at radius 1 is 1.15 bits per heavy atom. The Balaban J connectivity index is 1.73.